The Morgan fingerprint density at radius 2 is 2.00 bits per heavy atom. The Balaban J connectivity index is 1.96. The van der Waals surface area contributed by atoms with Crippen LogP contribution in [0.5, 0.6) is 0 Å². The largest absolute Gasteiger partial charge is 0.397 e. The molecule has 1 aromatic rings. The van der Waals surface area contributed by atoms with Gasteiger partial charge in [0.2, 0.25) is 0 Å². The zero-order valence-electron chi connectivity index (χ0n) is 11.0. The van der Waals surface area contributed by atoms with E-state index >= 15 is 0 Å². The highest BCUT2D eigenvalue weighted by Gasteiger charge is 2.35. The zero-order chi connectivity index (χ0) is 12.7. The van der Waals surface area contributed by atoms with Crippen LogP contribution in [0, 0.1) is 18.7 Å². The number of nitrogens with two attached hydrogens (primary N) is 1. The Morgan fingerprint density at radius 1 is 1.22 bits per heavy atom. The van der Waals surface area contributed by atoms with Gasteiger partial charge in [-0.25, -0.2) is 4.39 Å². The Morgan fingerprint density at radius 3 is 2.83 bits per heavy atom. The van der Waals surface area contributed by atoms with Crippen LogP contribution < -0.4 is 10.6 Å². The molecule has 0 amide bonds. The zero-order valence-corrected chi connectivity index (χ0v) is 11.0. The van der Waals surface area contributed by atoms with Crippen LogP contribution in [-0.2, 0) is 0 Å². The van der Waals surface area contributed by atoms with Crippen molar-refractivity contribution in [1.82, 2.24) is 0 Å². The van der Waals surface area contributed by atoms with Crippen LogP contribution in [0.1, 0.15) is 37.7 Å². The van der Waals surface area contributed by atoms with Gasteiger partial charge in [0.1, 0.15) is 5.82 Å². The van der Waals surface area contributed by atoms with E-state index in [9.17, 15) is 4.39 Å². The lowest BCUT2D eigenvalue weighted by Crippen LogP contribution is -2.43. The van der Waals surface area contributed by atoms with E-state index in [4.69, 9.17) is 5.73 Å². The topological polar surface area (TPSA) is 29.3 Å². The molecule has 1 saturated carbocycles. The summed E-state index contributed by atoms with van der Waals surface area (Å²) in [5, 5.41) is 0. The van der Waals surface area contributed by atoms with Gasteiger partial charge >= 0.3 is 0 Å². The minimum Gasteiger partial charge on any atom is -0.397 e. The first-order valence-corrected chi connectivity index (χ1v) is 6.99. The molecule has 1 aromatic carbocycles. The van der Waals surface area contributed by atoms with Gasteiger partial charge in [0.05, 0.1) is 11.4 Å². The summed E-state index contributed by atoms with van der Waals surface area (Å²) < 4.78 is 13.5. The van der Waals surface area contributed by atoms with Crippen LogP contribution in [-0.4, -0.2) is 12.6 Å². The summed E-state index contributed by atoms with van der Waals surface area (Å²) in [4.78, 5) is 2.43. The third-order valence-electron chi connectivity index (χ3n) is 4.61. The molecule has 3 heteroatoms. The number of fused-ring (bicyclic) bond motifs is 1. The summed E-state index contributed by atoms with van der Waals surface area (Å²) >= 11 is 0. The fourth-order valence-corrected chi connectivity index (χ4v) is 3.68. The second-order valence-electron chi connectivity index (χ2n) is 5.75. The van der Waals surface area contributed by atoms with Crippen LogP contribution in [0.2, 0.25) is 0 Å². The van der Waals surface area contributed by atoms with Crippen molar-refractivity contribution in [2.45, 2.75) is 45.1 Å². The van der Waals surface area contributed by atoms with Gasteiger partial charge in [0, 0.05) is 12.6 Å². The minimum atomic E-state index is -0.198. The maximum Gasteiger partial charge on any atom is 0.128 e. The Bertz CT molecular complexity index is 458. The van der Waals surface area contributed by atoms with Gasteiger partial charge in [-0.15, -0.1) is 0 Å². The van der Waals surface area contributed by atoms with Crippen molar-refractivity contribution in [3.05, 3.63) is 23.5 Å². The quantitative estimate of drug-likeness (QED) is 0.771. The average Bonchev–Trinajstić information content (AvgIpc) is 2.82. The van der Waals surface area contributed by atoms with E-state index < -0.39 is 0 Å². The lowest BCUT2D eigenvalue weighted by atomic mass is 9.91. The molecule has 2 fully saturated rings. The number of halogens is 1. The number of rotatable bonds is 1. The lowest BCUT2D eigenvalue weighted by molar-refractivity contribution is 0.362. The lowest BCUT2D eigenvalue weighted by Gasteiger charge is -2.40. The van der Waals surface area contributed by atoms with Gasteiger partial charge in [0.15, 0.2) is 0 Å². The number of hydrogen-bond donors (Lipinski definition) is 1. The summed E-state index contributed by atoms with van der Waals surface area (Å²) in [5.41, 5.74) is 8.35. The highest BCUT2D eigenvalue weighted by molar-refractivity contribution is 5.69. The van der Waals surface area contributed by atoms with Gasteiger partial charge in [-0.1, -0.05) is 6.42 Å². The SMILES string of the molecule is Cc1cc(N2CCCC3CCCC32)c(N)cc1F. The van der Waals surface area contributed by atoms with Crippen molar-refractivity contribution >= 4 is 11.4 Å². The second kappa shape index (κ2) is 4.45. The molecule has 2 atom stereocenters. The number of nitrogens with zero attached hydrogens (tertiary/aromatic N) is 1. The van der Waals surface area contributed by atoms with Crippen LogP contribution in [0.25, 0.3) is 0 Å². The summed E-state index contributed by atoms with van der Waals surface area (Å²) in [5.74, 6) is 0.625. The smallest absolute Gasteiger partial charge is 0.128 e. The molecule has 1 aliphatic carbocycles. The standard InChI is InChI=1S/C15H21FN2/c1-10-8-15(13(17)9-12(10)16)18-7-3-5-11-4-2-6-14(11)18/h8-9,11,14H,2-7,17H2,1H3. The third-order valence-corrected chi connectivity index (χ3v) is 4.61. The van der Waals surface area contributed by atoms with Crippen LogP contribution in [0.3, 0.4) is 0 Å². The summed E-state index contributed by atoms with van der Waals surface area (Å²) in [6, 6.07) is 4.03. The van der Waals surface area contributed by atoms with Gasteiger partial charge in [-0.05, 0) is 56.2 Å². The predicted molar refractivity (Wildman–Crippen MR) is 73.3 cm³/mol. The molecule has 1 heterocycles. The first kappa shape index (κ1) is 11.8. The first-order chi connectivity index (χ1) is 8.66. The summed E-state index contributed by atoms with van der Waals surface area (Å²) in [6.45, 7) is 2.88. The van der Waals surface area contributed by atoms with E-state index in [2.05, 4.69) is 4.90 Å². The molecular formula is C15H21FN2. The number of benzene rings is 1. The van der Waals surface area contributed by atoms with Gasteiger partial charge < -0.3 is 10.6 Å². The number of anilines is 2. The van der Waals surface area contributed by atoms with Crippen LogP contribution in [0.15, 0.2) is 12.1 Å². The first-order valence-electron chi connectivity index (χ1n) is 6.99. The summed E-state index contributed by atoms with van der Waals surface area (Å²) in [7, 11) is 0. The molecule has 2 aliphatic rings. The molecular weight excluding hydrogens is 227 g/mol. The number of nitrogen functional groups attached to an aromatic ring is 1. The monoisotopic (exact) mass is 248 g/mol. The molecule has 2 N–H and O–H groups in total. The molecule has 0 aromatic heterocycles. The normalized spacial score (nSPS) is 27.3. The predicted octanol–water partition coefficient (Wildman–Crippen LogP) is 3.49. The van der Waals surface area contributed by atoms with Crippen LogP contribution >= 0.6 is 0 Å². The molecule has 1 saturated heterocycles. The fourth-order valence-electron chi connectivity index (χ4n) is 3.68. The Hall–Kier alpha value is -1.25. The van der Waals surface area contributed by atoms with Crippen molar-refractivity contribution in [3.63, 3.8) is 0 Å². The molecule has 2 unspecified atom stereocenters. The number of piperidine rings is 1. The molecule has 0 radical (unpaired) electrons. The summed E-state index contributed by atoms with van der Waals surface area (Å²) in [6.07, 6.45) is 6.52. The molecule has 3 rings (SSSR count). The maximum atomic E-state index is 13.5. The van der Waals surface area contributed by atoms with Crippen LogP contribution in [0.4, 0.5) is 15.8 Å². The minimum absolute atomic E-state index is 0.198. The van der Waals surface area contributed by atoms with Gasteiger partial charge in [-0.2, -0.15) is 0 Å². The number of hydrogen-bond acceptors (Lipinski definition) is 2. The van der Waals surface area contributed by atoms with E-state index in [0.29, 0.717) is 17.3 Å². The van der Waals surface area contributed by atoms with Crippen molar-refractivity contribution in [2.24, 2.45) is 5.92 Å². The van der Waals surface area contributed by atoms with E-state index in [1.165, 1.54) is 38.2 Å². The highest BCUT2D eigenvalue weighted by Crippen LogP contribution is 2.41. The molecule has 2 nitrogen and oxygen atoms in total. The molecule has 0 spiro atoms. The highest BCUT2D eigenvalue weighted by atomic mass is 19.1. The van der Waals surface area contributed by atoms with Crippen molar-refractivity contribution in [3.8, 4) is 0 Å². The van der Waals surface area contributed by atoms with E-state index in [-0.39, 0.29) is 5.82 Å². The Kier molecular flexibility index (Phi) is 2.92. The molecule has 18 heavy (non-hydrogen) atoms. The van der Waals surface area contributed by atoms with Gasteiger partial charge in [-0.3, -0.25) is 0 Å². The van der Waals surface area contributed by atoms with Crippen molar-refractivity contribution in [2.75, 3.05) is 17.2 Å². The average molecular weight is 248 g/mol. The van der Waals surface area contributed by atoms with Crippen molar-refractivity contribution in [1.29, 1.82) is 0 Å². The molecule has 98 valence electrons. The van der Waals surface area contributed by atoms with E-state index in [0.717, 1.165) is 18.2 Å². The second-order valence-corrected chi connectivity index (χ2v) is 5.75. The van der Waals surface area contributed by atoms with Gasteiger partial charge in [0.25, 0.3) is 0 Å². The molecule has 1 aliphatic heterocycles. The number of aryl methyl sites for hydroxylation is 1. The van der Waals surface area contributed by atoms with E-state index in [1.54, 1.807) is 0 Å². The Labute approximate surface area is 108 Å². The maximum absolute atomic E-state index is 13.5. The van der Waals surface area contributed by atoms with Crippen molar-refractivity contribution < 1.29 is 4.39 Å². The third kappa shape index (κ3) is 1.86. The van der Waals surface area contributed by atoms with E-state index in [1.807, 2.05) is 13.0 Å². The fraction of sp³-hybridized carbons (Fsp3) is 0.600. The molecule has 0 bridgehead atoms.